The van der Waals surface area contributed by atoms with E-state index in [-0.39, 0.29) is 30.3 Å². The van der Waals surface area contributed by atoms with Crippen molar-refractivity contribution in [3.05, 3.63) is 34.2 Å². The minimum Gasteiger partial charge on any atom is -0.319 e. The van der Waals surface area contributed by atoms with Gasteiger partial charge in [0.25, 0.3) is 0 Å². The molecule has 2 saturated heterocycles. The summed E-state index contributed by atoms with van der Waals surface area (Å²) in [4.78, 5) is 40.0. The highest BCUT2D eigenvalue weighted by Crippen LogP contribution is 2.22. The SMILES string of the molecule is CNCC1CCN(Cc2ccc3c(c2)n(C)c(=O)n3N2C(=O)CCCC2=O)CC1. The predicted molar refractivity (Wildman–Crippen MR) is 111 cm³/mol. The van der Waals surface area contributed by atoms with E-state index >= 15 is 0 Å². The third-order valence-electron chi connectivity index (χ3n) is 6.16. The molecule has 1 aromatic heterocycles. The molecule has 0 radical (unpaired) electrons. The van der Waals surface area contributed by atoms with Gasteiger partial charge in [0.1, 0.15) is 0 Å². The van der Waals surface area contributed by atoms with Crippen LogP contribution in [0.15, 0.2) is 23.0 Å². The Kier molecular flexibility index (Phi) is 5.56. The molecule has 0 atom stereocenters. The summed E-state index contributed by atoms with van der Waals surface area (Å²) < 4.78 is 2.76. The van der Waals surface area contributed by atoms with Crippen LogP contribution in [0.3, 0.4) is 0 Å². The average molecular weight is 399 g/mol. The maximum absolute atomic E-state index is 12.8. The maximum atomic E-state index is 12.8. The number of aromatic nitrogens is 2. The lowest BCUT2D eigenvalue weighted by molar-refractivity contribution is -0.131. The molecule has 2 aromatic rings. The smallest absolute Gasteiger partial charge is 0.319 e. The van der Waals surface area contributed by atoms with E-state index in [0.717, 1.165) is 48.2 Å². The first-order valence-electron chi connectivity index (χ1n) is 10.4. The molecule has 0 spiro atoms. The first kappa shape index (κ1) is 19.8. The number of hydrogen-bond donors (Lipinski definition) is 1. The molecule has 0 unspecified atom stereocenters. The Labute approximate surface area is 170 Å². The van der Waals surface area contributed by atoms with Crippen molar-refractivity contribution in [3.63, 3.8) is 0 Å². The fourth-order valence-electron chi connectivity index (χ4n) is 4.52. The molecule has 2 amide bonds. The van der Waals surface area contributed by atoms with E-state index in [4.69, 9.17) is 0 Å². The van der Waals surface area contributed by atoms with E-state index in [2.05, 4.69) is 10.2 Å². The van der Waals surface area contributed by atoms with E-state index in [1.165, 1.54) is 22.1 Å². The first-order chi connectivity index (χ1) is 14.0. The fraction of sp³-hybridized carbons (Fsp3) is 0.571. The number of benzene rings is 1. The predicted octanol–water partition coefficient (Wildman–Crippen LogP) is 0.946. The van der Waals surface area contributed by atoms with Crippen molar-refractivity contribution in [3.8, 4) is 0 Å². The maximum Gasteiger partial charge on any atom is 0.348 e. The van der Waals surface area contributed by atoms with Gasteiger partial charge in [-0.15, -0.1) is 0 Å². The van der Waals surface area contributed by atoms with E-state index < -0.39 is 0 Å². The zero-order valence-corrected chi connectivity index (χ0v) is 17.2. The molecular weight excluding hydrogens is 370 g/mol. The van der Waals surface area contributed by atoms with E-state index in [0.29, 0.717) is 11.9 Å². The molecule has 0 saturated carbocycles. The van der Waals surface area contributed by atoms with Crippen LogP contribution in [0.25, 0.3) is 11.0 Å². The van der Waals surface area contributed by atoms with Crippen LogP contribution in [0.5, 0.6) is 0 Å². The highest BCUT2D eigenvalue weighted by atomic mass is 16.2. The van der Waals surface area contributed by atoms with Crippen LogP contribution >= 0.6 is 0 Å². The number of carbonyl (C=O) groups excluding carboxylic acids is 2. The Morgan fingerprint density at radius 2 is 1.72 bits per heavy atom. The number of carbonyl (C=O) groups is 2. The Morgan fingerprint density at radius 1 is 1.03 bits per heavy atom. The third-order valence-corrected chi connectivity index (χ3v) is 6.16. The van der Waals surface area contributed by atoms with E-state index in [1.54, 1.807) is 7.05 Å². The molecular formula is C21H29N5O3. The molecule has 8 heteroatoms. The Balaban J connectivity index is 1.59. The summed E-state index contributed by atoms with van der Waals surface area (Å²) in [6.45, 7) is 4.05. The summed E-state index contributed by atoms with van der Waals surface area (Å²) >= 11 is 0. The Hall–Kier alpha value is -2.45. The van der Waals surface area contributed by atoms with Gasteiger partial charge in [0.2, 0.25) is 11.8 Å². The monoisotopic (exact) mass is 399 g/mol. The van der Waals surface area contributed by atoms with Gasteiger partial charge in [-0.1, -0.05) is 6.07 Å². The second kappa shape index (κ2) is 8.12. The number of piperidine rings is 2. The highest BCUT2D eigenvalue weighted by molar-refractivity contribution is 6.10. The van der Waals surface area contributed by atoms with Gasteiger partial charge in [0, 0.05) is 26.4 Å². The number of likely N-dealkylation sites (tertiary alicyclic amines) is 1. The number of aryl methyl sites for hydroxylation is 1. The Bertz CT molecular complexity index is 968. The molecule has 1 N–H and O–H groups in total. The Morgan fingerprint density at radius 3 is 2.38 bits per heavy atom. The highest BCUT2D eigenvalue weighted by Gasteiger charge is 2.31. The van der Waals surface area contributed by atoms with Crippen molar-refractivity contribution in [1.82, 2.24) is 19.5 Å². The van der Waals surface area contributed by atoms with Gasteiger partial charge < -0.3 is 5.32 Å². The normalized spacial score (nSPS) is 19.4. The number of rotatable bonds is 5. The fourth-order valence-corrected chi connectivity index (χ4v) is 4.52. The second-order valence-electron chi connectivity index (χ2n) is 8.21. The molecule has 1 aromatic carbocycles. The zero-order valence-electron chi connectivity index (χ0n) is 17.2. The number of nitrogens with zero attached hydrogens (tertiary/aromatic N) is 4. The molecule has 0 aliphatic carbocycles. The number of hydrogen-bond acceptors (Lipinski definition) is 5. The zero-order chi connectivity index (χ0) is 20.5. The number of imide groups is 1. The van der Waals surface area contributed by atoms with Crippen molar-refractivity contribution >= 4 is 22.8 Å². The summed E-state index contributed by atoms with van der Waals surface area (Å²) in [6, 6.07) is 5.86. The van der Waals surface area contributed by atoms with Crippen molar-refractivity contribution in [2.24, 2.45) is 13.0 Å². The molecule has 2 fully saturated rings. The number of fused-ring (bicyclic) bond motifs is 1. The quantitative estimate of drug-likeness (QED) is 0.758. The number of amides is 2. The summed E-state index contributed by atoms with van der Waals surface area (Å²) in [6.07, 6.45) is 3.50. The molecule has 29 heavy (non-hydrogen) atoms. The van der Waals surface area contributed by atoms with Crippen LogP contribution in [0.1, 0.15) is 37.7 Å². The van der Waals surface area contributed by atoms with Crippen LogP contribution in [-0.2, 0) is 23.2 Å². The van der Waals surface area contributed by atoms with Gasteiger partial charge in [-0.25, -0.2) is 4.79 Å². The van der Waals surface area contributed by atoms with Crippen molar-refractivity contribution in [2.45, 2.75) is 38.6 Å². The minimum atomic E-state index is -0.367. The lowest BCUT2D eigenvalue weighted by Gasteiger charge is -2.31. The number of nitrogens with one attached hydrogen (secondary N) is 1. The standard InChI is InChI=1S/C21H29N5O3/c1-22-13-15-8-10-24(11-9-15)14-16-6-7-17-18(12-16)23(2)21(29)25(17)26-19(27)4-3-5-20(26)28/h6-7,12,15,22H,3-5,8-11,13-14H2,1-2H3. The van der Waals surface area contributed by atoms with Gasteiger partial charge in [0.05, 0.1) is 11.0 Å². The van der Waals surface area contributed by atoms with Crippen LogP contribution in [0.4, 0.5) is 0 Å². The van der Waals surface area contributed by atoms with Crippen molar-refractivity contribution in [1.29, 1.82) is 0 Å². The molecule has 4 rings (SSSR count). The lowest BCUT2D eigenvalue weighted by atomic mass is 9.96. The van der Waals surface area contributed by atoms with Crippen molar-refractivity contribution < 1.29 is 9.59 Å². The second-order valence-corrected chi connectivity index (χ2v) is 8.21. The van der Waals surface area contributed by atoms with Crippen LogP contribution in [0.2, 0.25) is 0 Å². The molecule has 3 heterocycles. The number of imidazole rings is 1. The molecule has 2 aliphatic heterocycles. The average Bonchev–Trinajstić information content (AvgIpc) is 2.95. The molecule has 8 nitrogen and oxygen atoms in total. The largest absolute Gasteiger partial charge is 0.348 e. The molecule has 2 aliphatic rings. The third kappa shape index (κ3) is 3.74. The lowest BCUT2D eigenvalue weighted by Crippen LogP contribution is -2.52. The van der Waals surface area contributed by atoms with Gasteiger partial charge in [-0.2, -0.15) is 9.69 Å². The summed E-state index contributed by atoms with van der Waals surface area (Å²) in [5.74, 6) is 0.113. The topological polar surface area (TPSA) is 79.6 Å². The van der Waals surface area contributed by atoms with Gasteiger partial charge in [0.15, 0.2) is 0 Å². The van der Waals surface area contributed by atoms with Crippen molar-refractivity contribution in [2.75, 3.05) is 31.7 Å². The first-order valence-corrected chi connectivity index (χ1v) is 10.4. The molecule has 0 bridgehead atoms. The van der Waals surface area contributed by atoms with Gasteiger partial charge in [-0.3, -0.25) is 19.1 Å². The molecule has 156 valence electrons. The van der Waals surface area contributed by atoms with Crippen LogP contribution in [-0.4, -0.2) is 52.6 Å². The van der Waals surface area contributed by atoms with Gasteiger partial charge in [-0.05, 0) is 69.6 Å². The van der Waals surface area contributed by atoms with Gasteiger partial charge >= 0.3 is 5.69 Å². The minimum absolute atomic E-state index is 0.288. The summed E-state index contributed by atoms with van der Waals surface area (Å²) in [7, 11) is 3.69. The van der Waals surface area contributed by atoms with E-state index in [9.17, 15) is 14.4 Å². The van der Waals surface area contributed by atoms with Crippen LogP contribution in [0, 0.1) is 5.92 Å². The summed E-state index contributed by atoms with van der Waals surface area (Å²) in [5, 5.41) is 4.29. The van der Waals surface area contributed by atoms with E-state index in [1.807, 2.05) is 25.2 Å². The summed E-state index contributed by atoms with van der Waals surface area (Å²) in [5.41, 5.74) is 2.10. The van der Waals surface area contributed by atoms with Crippen LogP contribution < -0.4 is 16.0 Å².